The minimum Gasteiger partial charge on any atom is -0.455 e. The van der Waals surface area contributed by atoms with Crippen LogP contribution in [0, 0.1) is 5.82 Å². The fourth-order valence-electron chi connectivity index (χ4n) is 15.6. The van der Waals surface area contributed by atoms with Crippen LogP contribution in [0.15, 0.2) is 268 Å². The topological polar surface area (TPSA) is 45.9 Å². The van der Waals surface area contributed by atoms with Gasteiger partial charge in [-0.15, -0.1) is 0 Å². The minimum atomic E-state index is -0.956. The molecule has 3 aromatic heterocycles. The molecule has 5 nitrogen and oxygen atoms in total. The van der Waals surface area contributed by atoms with Gasteiger partial charge < -0.3 is 23.1 Å². The summed E-state index contributed by atoms with van der Waals surface area (Å²) in [6.07, 6.45) is 5.72. The Morgan fingerprint density at radius 1 is 0.395 bits per heavy atom. The van der Waals surface area contributed by atoms with Crippen LogP contribution in [-0.4, -0.2) is 5.54 Å². The van der Waals surface area contributed by atoms with E-state index in [1.165, 1.54) is 34.4 Å². The highest BCUT2D eigenvalue weighted by Crippen LogP contribution is 2.68. The second-order valence-electron chi connectivity index (χ2n) is 24.2. The Kier molecular flexibility index (Phi) is 9.99. The van der Waals surface area contributed by atoms with Crippen LogP contribution in [0.1, 0.15) is 60.6 Å². The van der Waals surface area contributed by atoms with Gasteiger partial charge in [0.15, 0.2) is 11.2 Å². The third-order valence-corrected chi connectivity index (χ3v) is 19.3. The Bertz CT molecular complexity index is 5450. The van der Waals surface area contributed by atoms with E-state index in [1.807, 2.05) is 54.6 Å². The van der Waals surface area contributed by atoms with Gasteiger partial charge in [0.1, 0.15) is 34.0 Å². The van der Waals surface area contributed by atoms with E-state index < -0.39 is 16.4 Å². The van der Waals surface area contributed by atoms with E-state index in [1.54, 1.807) is 12.2 Å². The van der Waals surface area contributed by atoms with Crippen LogP contribution in [0.3, 0.4) is 0 Å². The van der Waals surface area contributed by atoms with Gasteiger partial charge in [-0.25, -0.2) is 8.78 Å². The van der Waals surface area contributed by atoms with Gasteiger partial charge in [-0.3, -0.25) is 0 Å². The van der Waals surface area contributed by atoms with E-state index in [0.717, 1.165) is 138 Å². The van der Waals surface area contributed by atoms with Crippen molar-refractivity contribution in [3.63, 3.8) is 0 Å². The zero-order valence-electron chi connectivity index (χ0n) is 47.3. The Morgan fingerprint density at radius 2 is 0.919 bits per heavy atom. The molecule has 18 rings (SSSR count). The Labute approximate surface area is 493 Å². The van der Waals surface area contributed by atoms with Crippen molar-refractivity contribution < 1.29 is 22.0 Å². The number of fused-ring (bicyclic) bond motifs is 24. The summed E-state index contributed by atoms with van der Waals surface area (Å²) in [6.45, 7) is 6.92. The van der Waals surface area contributed by atoms with Crippen LogP contribution in [0.5, 0.6) is 0 Å². The van der Waals surface area contributed by atoms with Gasteiger partial charge in [-0.2, -0.15) is 0 Å². The van der Waals surface area contributed by atoms with Crippen molar-refractivity contribution in [2.24, 2.45) is 0 Å². The molecule has 1 unspecified atom stereocenters. The smallest absolute Gasteiger partial charge is 0.159 e. The van der Waals surface area contributed by atoms with Crippen LogP contribution in [0.4, 0.5) is 37.2 Å². The summed E-state index contributed by atoms with van der Waals surface area (Å²) in [4.78, 5) is 4.62. The summed E-state index contributed by atoms with van der Waals surface area (Å²) >= 11 is 0. The standard InChI is InChI=1S/C79H52F2N2O3/c1-77(2)59-25-9-11-27-61(59)79(62-28-12-10-26-60(62)77)63-45-66(83(78(3)42-40-47(81)41-43-78)65-30-17-24-56-52-20-7-14-32-68(52)85-75(56)65)70-57-22-8-15-33-69(57)86-76(70)72(63)71-53-21-5-4-18-50(53)58-44-49(38-39-54(58)73(71)79)82(48-36-34-46(80)35-37-48)64-29-16-23-55-51-19-6-13-31-67(51)84-74(55)64/h4-42,44-45H,43H2,1-3H3. The summed E-state index contributed by atoms with van der Waals surface area (Å²) in [5.41, 5.74) is 15.9. The first-order valence-electron chi connectivity index (χ1n) is 29.5. The molecule has 0 fully saturated rings. The average molecular weight is 1120 g/mol. The Morgan fingerprint density at radius 3 is 1.56 bits per heavy atom. The van der Waals surface area contributed by atoms with Gasteiger partial charge >= 0.3 is 0 Å². The molecule has 410 valence electrons. The molecule has 3 heterocycles. The predicted molar refractivity (Wildman–Crippen MR) is 347 cm³/mol. The van der Waals surface area contributed by atoms with Gasteiger partial charge in [0.05, 0.1) is 33.4 Å². The molecule has 0 saturated heterocycles. The maximum absolute atomic E-state index is 15.6. The number of nitrogens with zero attached hydrogens (tertiary/aromatic N) is 2. The second kappa shape index (κ2) is 17.5. The molecule has 3 aliphatic rings. The highest BCUT2D eigenvalue weighted by atomic mass is 19.1. The molecule has 7 heteroatoms. The van der Waals surface area contributed by atoms with Crippen molar-refractivity contribution >= 4 is 116 Å². The number of hydrogen-bond donors (Lipinski definition) is 0. The first kappa shape index (κ1) is 49.0. The summed E-state index contributed by atoms with van der Waals surface area (Å²) in [7, 11) is 0. The van der Waals surface area contributed by atoms with Crippen molar-refractivity contribution in [1.29, 1.82) is 0 Å². The van der Waals surface area contributed by atoms with Crippen molar-refractivity contribution in [3.05, 3.63) is 294 Å². The molecule has 1 spiro atoms. The molecule has 12 aromatic carbocycles. The van der Waals surface area contributed by atoms with Crippen molar-refractivity contribution in [2.75, 3.05) is 9.80 Å². The molecule has 1 atom stereocenters. The molecular formula is C79H52F2N2O3. The molecule has 15 aromatic rings. The van der Waals surface area contributed by atoms with E-state index in [0.29, 0.717) is 6.42 Å². The number of hydrogen-bond acceptors (Lipinski definition) is 5. The van der Waals surface area contributed by atoms with E-state index in [9.17, 15) is 0 Å². The quantitative estimate of drug-likeness (QED) is 0.155. The summed E-state index contributed by atoms with van der Waals surface area (Å²) < 4.78 is 52.1. The lowest BCUT2D eigenvalue weighted by Gasteiger charge is -2.47. The number of benzene rings is 12. The third-order valence-electron chi connectivity index (χ3n) is 19.3. The third kappa shape index (κ3) is 6.46. The minimum absolute atomic E-state index is 0.265. The number of anilines is 5. The lowest BCUT2D eigenvalue weighted by Crippen LogP contribution is -2.43. The molecule has 86 heavy (non-hydrogen) atoms. The first-order chi connectivity index (χ1) is 42.1. The van der Waals surface area contributed by atoms with Crippen LogP contribution in [0.2, 0.25) is 0 Å². The monoisotopic (exact) mass is 1110 g/mol. The molecule has 0 saturated carbocycles. The first-order valence-corrected chi connectivity index (χ1v) is 29.5. The van der Waals surface area contributed by atoms with E-state index in [4.69, 9.17) is 13.3 Å². The maximum atomic E-state index is 15.6. The van der Waals surface area contributed by atoms with Crippen LogP contribution < -0.4 is 9.80 Å². The normalized spacial score (nSPS) is 16.4. The van der Waals surface area contributed by atoms with Gasteiger partial charge in [0.25, 0.3) is 0 Å². The highest BCUT2D eigenvalue weighted by molar-refractivity contribution is 6.26. The molecule has 0 radical (unpaired) electrons. The van der Waals surface area contributed by atoms with Gasteiger partial charge in [-0.1, -0.05) is 178 Å². The highest BCUT2D eigenvalue weighted by Gasteiger charge is 2.56. The van der Waals surface area contributed by atoms with Gasteiger partial charge in [-0.05, 0) is 159 Å². The van der Waals surface area contributed by atoms with Gasteiger partial charge in [0, 0.05) is 49.3 Å². The number of halogens is 2. The van der Waals surface area contributed by atoms with E-state index >= 15 is 8.78 Å². The average Bonchev–Trinajstić information content (AvgIpc) is 1.46. The van der Waals surface area contributed by atoms with Crippen LogP contribution in [-0.2, 0) is 10.8 Å². The van der Waals surface area contributed by atoms with Crippen LogP contribution >= 0.6 is 0 Å². The number of rotatable bonds is 6. The molecular weight excluding hydrogens is 1060 g/mol. The molecule has 0 bridgehead atoms. The number of allylic oxidation sites excluding steroid dienone is 2. The lowest BCUT2D eigenvalue weighted by atomic mass is 9.55. The van der Waals surface area contributed by atoms with E-state index in [2.05, 4.69) is 200 Å². The largest absolute Gasteiger partial charge is 0.455 e. The van der Waals surface area contributed by atoms with E-state index in [-0.39, 0.29) is 11.6 Å². The predicted octanol–water partition coefficient (Wildman–Crippen LogP) is 22.0. The molecule has 0 N–H and O–H groups in total. The van der Waals surface area contributed by atoms with Gasteiger partial charge in [0.2, 0.25) is 0 Å². The summed E-state index contributed by atoms with van der Waals surface area (Å²) in [6, 6.07) is 80.5. The molecule has 3 aliphatic carbocycles. The Balaban J connectivity index is 1.01. The van der Waals surface area contributed by atoms with Crippen molar-refractivity contribution in [1.82, 2.24) is 0 Å². The number of furan rings is 3. The fourth-order valence-corrected chi connectivity index (χ4v) is 15.6. The molecule has 0 amide bonds. The fraction of sp³-hybridized carbons (Fsp3) is 0.0886. The summed E-state index contributed by atoms with van der Waals surface area (Å²) in [5.74, 6) is -0.581. The maximum Gasteiger partial charge on any atom is 0.159 e. The zero-order chi connectivity index (χ0) is 57.4. The number of para-hydroxylation sites is 5. The van der Waals surface area contributed by atoms with Crippen LogP contribution in [0.25, 0.3) is 98.5 Å². The van der Waals surface area contributed by atoms with Crippen molar-refractivity contribution in [3.8, 4) is 11.1 Å². The molecule has 0 aliphatic heterocycles. The SMILES string of the molecule is CC1(C)c2ccccc2C2(c3ccccc31)c1cc(N(c3cccc4c3oc3ccccc34)C3(C)C=CC(F)=CC3)c3c(oc4ccccc43)c1-c1c2c2ccc(N(c3ccc(F)cc3)c3cccc4c3oc3ccccc34)cc2c2ccccc12. The zero-order valence-corrected chi connectivity index (χ0v) is 47.3. The Hall–Kier alpha value is -10.5. The summed E-state index contributed by atoms with van der Waals surface area (Å²) in [5, 5.41) is 10.2. The van der Waals surface area contributed by atoms with Crippen molar-refractivity contribution in [2.45, 2.75) is 43.6 Å². The second-order valence-corrected chi connectivity index (χ2v) is 24.2. The lowest BCUT2D eigenvalue weighted by molar-refractivity contribution is 0.542.